The van der Waals surface area contributed by atoms with Crippen LogP contribution in [0.15, 0.2) is 48.7 Å². The summed E-state index contributed by atoms with van der Waals surface area (Å²) in [4.78, 5) is 6.63. The molecule has 2 N–H and O–H groups in total. The van der Waals surface area contributed by atoms with Crippen LogP contribution < -0.4 is 5.32 Å². The smallest absolute Gasteiger partial charge is 0.122 e. The van der Waals surface area contributed by atoms with Gasteiger partial charge in [-0.1, -0.05) is 17.7 Å². The molecular weight excluding hydrogens is 350 g/mol. The number of aromatic hydroxyl groups is 1. The maximum absolute atomic E-state index is 10.4. The first-order valence-corrected chi connectivity index (χ1v) is 9.00. The standard InChI is InChI=1S/C20H20ClN3O2/c21-15-2-4-17-18(5-6-22-19(17)11-15)23-16-3-1-14(20(25)12-16)13-24-7-9-26-10-8-24/h1-6,11-12,25H,7-10,13H2,(H,22,23). The molecule has 26 heavy (non-hydrogen) atoms. The first-order chi connectivity index (χ1) is 12.7. The number of nitrogens with zero attached hydrogens (tertiary/aromatic N) is 2. The Morgan fingerprint density at radius 3 is 2.77 bits per heavy atom. The van der Waals surface area contributed by atoms with Crippen molar-refractivity contribution in [1.29, 1.82) is 0 Å². The lowest BCUT2D eigenvalue weighted by Gasteiger charge is -2.26. The summed E-state index contributed by atoms with van der Waals surface area (Å²) in [6.07, 6.45) is 1.74. The van der Waals surface area contributed by atoms with Crippen LogP contribution in [0, 0.1) is 0 Å². The molecular formula is C20H20ClN3O2. The van der Waals surface area contributed by atoms with E-state index in [-0.39, 0.29) is 0 Å². The number of ether oxygens (including phenoxy) is 1. The van der Waals surface area contributed by atoms with Crippen LogP contribution in [0.2, 0.25) is 5.02 Å². The van der Waals surface area contributed by atoms with Crippen LogP contribution in [-0.2, 0) is 11.3 Å². The fourth-order valence-electron chi connectivity index (χ4n) is 3.16. The van der Waals surface area contributed by atoms with E-state index in [1.54, 1.807) is 12.3 Å². The molecule has 0 radical (unpaired) electrons. The van der Waals surface area contributed by atoms with Gasteiger partial charge in [-0.05, 0) is 30.3 Å². The molecule has 2 aromatic carbocycles. The van der Waals surface area contributed by atoms with Crippen molar-refractivity contribution in [2.75, 3.05) is 31.6 Å². The second-order valence-corrected chi connectivity index (χ2v) is 6.81. The van der Waals surface area contributed by atoms with Gasteiger partial charge in [0, 0.05) is 59.2 Å². The number of aromatic nitrogens is 1. The fourth-order valence-corrected chi connectivity index (χ4v) is 3.33. The molecule has 134 valence electrons. The number of fused-ring (bicyclic) bond motifs is 1. The summed E-state index contributed by atoms with van der Waals surface area (Å²) in [5.74, 6) is 0.294. The van der Waals surface area contributed by atoms with E-state index in [0.717, 1.165) is 60.7 Å². The van der Waals surface area contributed by atoms with Crippen molar-refractivity contribution in [3.05, 3.63) is 59.2 Å². The van der Waals surface area contributed by atoms with E-state index in [1.807, 2.05) is 36.4 Å². The Labute approximate surface area is 157 Å². The summed E-state index contributed by atoms with van der Waals surface area (Å²) < 4.78 is 5.37. The SMILES string of the molecule is Oc1cc(Nc2ccnc3cc(Cl)ccc23)ccc1CN1CCOCC1. The Morgan fingerprint density at radius 2 is 1.96 bits per heavy atom. The molecule has 1 aliphatic heterocycles. The molecule has 1 aliphatic rings. The van der Waals surface area contributed by atoms with Crippen molar-refractivity contribution in [3.63, 3.8) is 0 Å². The van der Waals surface area contributed by atoms with Gasteiger partial charge in [0.15, 0.2) is 0 Å². The molecule has 5 nitrogen and oxygen atoms in total. The molecule has 0 aliphatic carbocycles. The maximum Gasteiger partial charge on any atom is 0.122 e. The number of benzene rings is 2. The Kier molecular flexibility index (Phi) is 4.93. The van der Waals surface area contributed by atoms with Crippen LogP contribution in [0.5, 0.6) is 5.75 Å². The third-order valence-electron chi connectivity index (χ3n) is 4.57. The van der Waals surface area contributed by atoms with Crippen molar-refractivity contribution >= 4 is 33.9 Å². The van der Waals surface area contributed by atoms with Gasteiger partial charge in [-0.3, -0.25) is 9.88 Å². The van der Waals surface area contributed by atoms with E-state index in [1.165, 1.54) is 0 Å². The number of nitrogens with one attached hydrogen (secondary N) is 1. The zero-order valence-corrected chi connectivity index (χ0v) is 15.0. The number of pyridine rings is 1. The van der Waals surface area contributed by atoms with Gasteiger partial charge in [-0.25, -0.2) is 0 Å². The predicted molar refractivity (Wildman–Crippen MR) is 104 cm³/mol. The molecule has 0 bridgehead atoms. The molecule has 1 aromatic heterocycles. The summed E-state index contributed by atoms with van der Waals surface area (Å²) >= 11 is 6.04. The summed E-state index contributed by atoms with van der Waals surface area (Å²) in [6.45, 7) is 4.02. The van der Waals surface area contributed by atoms with Gasteiger partial charge in [-0.15, -0.1) is 0 Å². The molecule has 2 heterocycles. The van der Waals surface area contributed by atoms with Gasteiger partial charge >= 0.3 is 0 Å². The Morgan fingerprint density at radius 1 is 1.12 bits per heavy atom. The molecule has 0 saturated carbocycles. The van der Waals surface area contributed by atoms with Crippen molar-refractivity contribution in [2.45, 2.75) is 6.54 Å². The van der Waals surface area contributed by atoms with Gasteiger partial charge in [0.25, 0.3) is 0 Å². The molecule has 6 heteroatoms. The van der Waals surface area contributed by atoms with E-state index in [0.29, 0.717) is 10.8 Å². The summed E-state index contributed by atoms with van der Waals surface area (Å²) in [5, 5.41) is 15.4. The highest BCUT2D eigenvalue weighted by molar-refractivity contribution is 6.31. The summed E-state index contributed by atoms with van der Waals surface area (Å²) in [6, 6.07) is 13.3. The van der Waals surface area contributed by atoms with Gasteiger partial charge in [0.2, 0.25) is 0 Å². The molecule has 0 atom stereocenters. The van der Waals surface area contributed by atoms with Gasteiger partial charge in [0.1, 0.15) is 5.75 Å². The van der Waals surface area contributed by atoms with Gasteiger partial charge < -0.3 is 15.2 Å². The quantitative estimate of drug-likeness (QED) is 0.722. The number of anilines is 2. The Balaban J connectivity index is 1.54. The third kappa shape index (κ3) is 3.75. The lowest BCUT2D eigenvalue weighted by molar-refractivity contribution is 0.0339. The van der Waals surface area contributed by atoms with E-state index in [2.05, 4.69) is 15.2 Å². The van der Waals surface area contributed by atoms with E-state index < -0.39 is 0 Å². The Hall–Kier alpha value is -2.34. The monoisotopic (exact) mass is 369 g/mol. The lowest BCUT2D eigenvalue weighted by atomic mass is 10.1. The second kappa shape index (κ2) is 7.50. The highest BCUT2D eigenvalue weighted by atomic mass is 35.5. The molecule has 4 rings (SSSR count). The first-order valence-electron chi connectivity index (χ1n) is 8.62. The molecule has 3 aromatic rings. The minimum atomic E-state index is 0.294. The van der Waals surface area contributed by atoms with Crippen molar-refractivity contribution in [2.24, 2.45) is 0 Å². The molecule has 0 amide bonds. The number of phenolic OH excluding ortho intramolecular Hbond substituents is 1. The zero-order valence-electron chi connectivity index (χ0n) is 14.3. The number of morpholine rings is 1. The third-order valence-corrected chi connectivity index (χ3v) is 4.80. The van der Waals surface area contributed by atoms with Crippen LogP contribution in [0.25, 0.3) is 10.9 Å². The Bertz CT molecular complexity index is 926. The predicted octanol–water partition coefficient (Wildman–Crippen LogP) is 4.17. The molecule has 1 saturated heterocycles. The van der Waals surface area contributed by atoms with Crippen LogP contribution >= 0.6 is 11.6 Å². The largest absolute Gasteiger partial charge is 0.508 e. The van der Waals surface area contributed by atoms with E-state index >= 15 is 0 Å². The van der Waals surface area contributed by atoms with Gasteiger partial charge in [-0.2, -0.15) is 0 Å². The van der Waals surface area contributed by atoms with Crippen LogP contribution in [0.4, 0.5) is 11.4 Å². The molecule has 0 unspecified atom stereocenters. The number of halogens is 1. The topological polar surface area (TPSA) is 57.6 Å². The lowest BCUT2D eigenvalue weighted by Crippen LogP contribution is -2.35. The summed E-state index contributed by atoms with van der Waals surface area (Å²) in [5.41, 5.74) is 3.50. The minimum Gasteiger partial charge on any atom is -0.508 e. The normalized spacial score (nSPS) is 15.3. The average molecular weight is 370 g/mol. The average Bonchev–Trinajstić information content (AvgIpc) is 2.65. The van der Waals surface area contributed by atoms with E-state index in [4.69, 9.17) is 16.3 Å². The minimum absolute atomic E-state index is 0.294. The number of rotatable bonds is 4. The second-order valence-electron chi connectivity index (χ2n) is 6.38. The maximum atomic E-state index is 10.4. The van der Waals surface area contributed by atoms with Crippen molar-refractivity contribution in [3.8, 4) is 5.75 Å². The number of hydrogen-bond acceptors (Lipinski definition) is 5. The fraction of sp³-hybridized carbons (Fsp3) is 0.250. The summed E-state index contributed by atoms with van der Waals surface area (Å²) in [7, 11) is 0. The molecule has 0 spiro atoms. The van der Waals surface area contributed by atoms with Gasteiger partial charge in [0.05, 0.1) is 18.7 Å². The number of phenols is 1. The van der Waals surface area contributed by atoms with Crippen LogP contribution in [0.1, 0.15) is 5.56 Å². The number of hydrogen-bond donors (Lipinski definition) is 2. The van der Waals surface area contributed by atoms with Crippen molar-refractivity contribution in [1.82, 2.24) is 9.88 Å². The van der Waals surface area contributed by atoms with E-state index in [9.17, 15) is 5.11 Å². The van der Waals surface area contributed by atoms with Crippen LogP contribution in [0.3, 0.4) is 0 Å². The zero-order chi connectivity index (χ0) is 17.9. The first kappa shape index (κ1) is 17.1. The highest BCUT2D eigenvalue weighted by Crippen LogP contribution is 2.30. The van der Waals surface area contributed by atoms with Crippen molar-refractivity contribution < 1.29 is 9.84 Å². The van der Waals surface area contributed by atoms with Crippen LogP contribution in [-0.4, -0.2) is 41.3 Å². The highest BCUT2D eigenvalue weighted by Gasteiger charge is 2.13. The molecule has 1 fully saturated rings.